The van der Waals surface area contributed by atoms with E-state index in [9.17, 15) is 14.0 Å². The fourth-order valence-electron chi connectivity index (χ4n) is 2.00. The minimum Gasteiger partial charge on any atom is -1.00 e. The molecule has 3 aromatic rings. The molecule has 0 atom stereocenters. The van der Waals surface area contributed by atoms with E-state index in [1.54, 1.807) is 12.5 Å². The van der Waals surface area contributed by atoms with E-state index in [0.29, 0.717) is 16.1 Å². The van der Waals surface area contributed by atoms with Crippen LogP contribution in [-0.2, 0) is 9.68 Å². The summed E-state index contributed by atoms with van der Waals surface area (Å²) in [5.41, 5.74) is -0.242. The summed E-state index contributed by atoms with van der Waals surface area (Å²) in [6.07, 6.45) is 3.41. The van der Waals surface area contributed by atoms with Gasteiger partial charge in [-0.1, -0.05) is 69.9 Å². The maximum atomic E-state index is 13.4. The molecule has 37 heavy (non-hydrogen) atoms. The summed E-state index contributed by atoms with van der Waals surface area (Å²) in [6, 6.07) is 2.49. The van der Waals surface area contributed by atoms with Gasteiger partial charge in [-0.15, -0.1) is 0 Å². The maximum Gasteiger partial charge on any atom is 1.00 e. The zero-order valence-corrected chi connectivity index (χ0v) is 36.5. The molecule has 0 saturated heterocycles. The Morgan fingerprint density at radius 3 is 2.22 bits per heavy atom. The number of carbonyl (C=O) groups is 2. The van der Waals surface area contributed by atoms with Gasteiger partial charge in [0.1, 0.15) is 15.8 Å². The second kappa shape index (κ2) is 21.6. The first-order valence-electron chi connectivity index (χ1n) is 8.46. The summed E-state index contributed by atoms with van der Waals surface area (Å²) in [7, 11) is 0. The number of aromatic nitrogens is 4. The first-order valence-corrected chi connectivity index (χ1v) is 12.4. The molecule has 0 bridgehead atoms. The number of halogens is 5. The summed E-state index contributed by atoms with van der Waals surface area (Å²) in [5, 5.41) is 18.3. The Kier molecular flexibility index (Phi) is 23.9. The molecule has 3 N–H and O–H groups in total. The molecule has 0 aliphatic rings. The Balaban J connectivity index is -0.000000529. The van der Waals surface area contributed by atoms with Crippen molar-refractivity contribution in [3.8, 4) is 0 Å². The fourth-order valence-corrected chi connectivity index (χ4v) is 3.48. The zero-order chi connectivity index (χ0) is 26.7. The van der Waals surface area contributed by atoms with E-state index in [0.717, 1.165) is 17.8 Å². The number of nitrogens with zero attached hydrogens (tertiary/aromatic N) is 3. The Labute approximate surface area is 356 Å². The van der Waals surface area contributed by atoms with Crippen LogP contribution in [-0.4, -0.2) is 50.0 Å². The number of fused-ring (bicyclic) bond motifs is 1. The first kappa shape index (κ1) is 41.0. The van der Waals surface area contributed by atoms with E-state index in [1.165, 1.54) is 17.8 Å². The van der Waals surface area contributed by atoms with E-state index < -0.39 is 16.9 Å². The molecule has 0 unspecified atom stereocenters. The number of carbonyl (C=O) groups excluding carboxylic acids is 2. The molecule has 0 fully saturated rings. The van der Waals surface area contributed by atoms with E-state index >= 15 is 0 Å². The molecule has 0 saturated carbocycles. The monoisotopic (exact) mass is 870 g/mol. The van der Waals surface area contributed by atoms with Gasteiger partial charge in [0.25, 0.3) is 17.9 Å². The summed E-state index contributed by atoms with van der Waals surface area (Å²) >= 11 is 24.8. The summed E-state index contributed by atoms with van der Waals surface area (Å²) < 4.78 is 13.4. The number of amides is 1. The van der Waals surface area contributed by atoms with Crippen LogP contribution in [0.2, 0.25) is 20.6 Å². The smallest absolute Gasteiger partial charge is 1.00 e. The number of pyridine rings is 2. The van der Waals surface area contributed by atoms with Crippen molar-refractivity contribution >= 4 is 98.4 Å². The number of H-pyrrole nitrogens is 1. The van der Waals surface area contributed by atoms with Crippen LogP contribution < -0.4 is 154 Å². The quantitative estimate of drug-likeness (QED) is 0.0372. The zero-order valence-electron chi connectivity index (χ0n) is 20.3. The Hall–Kier alpha value is 1.90. The number of rotatable bonds is 3. The van der Waals surface area contributed by atoms with Crippen molar-refractivity contribution in [1.82, 2.24) is 25.3 Å². The average molecular weight is 872 g/mol. The van der Waals surface area contributed by atoms with Crippen molar-refractivity contribution in [3.63, 3.8) is 0 Å². The predicted molar refractivity (Wildman–Crippen MR) is 133 cm³/mol. The van der Waals surface area contributed by atoms with E-state index in [2.05, 4.69) is 30.1 Å². The van der Waals surface area contributed by atoms with Crippen molar-refractivity contribution in [2.75, 3.05) is 12.5 Å². The van der Waals surface area contributed by atoms with Gasteiger partial charge in [-0.2, -0.15) is 0 Å². The van der Waals surface area contributed by atoms with Crippen LogP contribution in [0.15, 0.2) is 22.1 Å². The van der Waals surface area contributed by atoms with Crippen LogP contribution in [0.25, 0.3) is 10.9 Å². The molecular weight excluding hydrogens is 859 g/mol. The molecule has 0 aliphatic heterocycles. The van der Waals surface area contributed by atoms with Crippen LogP contribution in [0, 0.1) is 11.2 Å². The number of hydrogen-bond acceptors (Lipinski definition) is 11. The Bertz CT molecular complexity index is 1320. The van der Waals surface area contributed by atoms with Crippen LogP contribution in [0.4, 0.5) is 4.39 Å². The van der Waals surface area contributed by atoms with Crippen LogP contribution >= 0.6 is 69.9 Å². The van der Waals surface area contributed by atoms with E-state index in [-0.39, 0.29) is 177 Å². The second-order valence-corrected chi connectivity index (χ2v) is 8.59. The third-order valence-electron chi connectivity index (χ3n) is 3.39. The molecule has 20 heteroatoms. The largest absolute Gasteiger partial charge is 1.00 e. The molecule has 0 radical (unpaired) electrons. The molecular formula is C17H13Cl4Cs2FN6O5S2. The molecule has 0 spiro atoms. The number of hydrogen-bond donors (Lipinski definition) is 3. The Morgan fingerprint density at radius 2 is 1.70 bits per heavy atom. The van der Waals surface area contributed by atoms with Crippen LogP contribution in [0.3, 0.4) is 0 Å². The maximum absolute atomic E-state index is 13.4. The van der Waals surface area contributed by atoms with Gasteiger partial charge in [0.15, 0.2) is 26.4 Å². The molecule has 190 valence electrons. The van der Waals surface area contributed by atoms with Crippen molar-refractivity contribution < 1.29 is 163 Å². The number of aromatic amines is 1. The van der Waals surface area contributed by atoms with E-state index in [1.807, 2.05) is 0 Å². The Morgan fingerprint density at radius 1 is 1.16 bits per heavy atom. The van der Waals surface area contributed by atoms with Crippen molar-refractivity contribution in [1.29, 1.82) is 5.41 Å². The molecule has 0 aliphatic carbocycles. The van der Waals surface area contributed by atoms with Crippen molar-refractivity contribution in [3.05, 3.63) is 54.5 Å². The number of thioether (sulfide) groups is 2. The van der Waals surface area contributed by atoms with Gasteiger partial charge in [-0.3, -0.25) is 19.8 Å². The predicted octanol–water partition coefficient (Wildman–Crippen LogP) is -2.54. The first-order chi connectivity index (χ1) is 16.5. The SMILES string of the molecule is CSC(=N)NC(=O)c1cc(Cl)nc(Cl)c1F.CSc1nc2c(Cl)nc(Cl)cc2c(=O)[nH]1.O=CO[O-].[Cs+].[Cs+].[H-]. The van der Waals surface area contributed by atoms with E-state index in [4.69, 9.17) is 61.9 Å². The second-order valence-electron chi connectivity index (χ2n) is 5.48. The molecule has 11 nitrogen and oxygen atoms in total. The molecule has 1 amide bonds. The van der Waals surface area contributed by atoms with Crippen LogP contribution in [0.5, 0.6) is 0 Å². The number of nitrogens with one attached hydrogen (secondary N) is 3. The number of amidine groups is 1. The third kappa shape index (κ3) is 14.1. The fraction of sp³-hybridized carbons (Fsp3) is 0.118. The topological polar surface area (TPSA) is 174 Å². The molecule has 3 heterocycles. The average Bonchev–Trinajstić information content (AvgIpc) is 2.82. The van der Waals surface area contributed by atoms with Crippen molar-refractivity contribution in [2.24, 2.45) is 0 Å². The van der Waals surface area contributed by atoms with Crippen LogP contribution in [0.1, 0.15) is 11.8 Å². The molecule has 3 rings (SSSR count). The van der Waals surface area contributed by atoms with Gasteiger partial charge in [0.2, 0.25) is 0 Å². The van der Waals surface area contributed by atoms with Crippen molar-refractivity contribution in [2.45, 2.75) is 5.16 Å². The van der Waals surface area contributed by atoms with Gasteiger partial charge in [-0.25, -0.2) is 19.3 Å². The third-order valence-corrected chi connectivity index (χ3v) is 5.38. The van der Waals surface area contributed by atoms with Gasteiger partial charge < -0.3 is 21.9 Å². The summed E-state index contributed by atoms with van der Waals surface area (Å²) in [6.45, 7) is -0.181. The molecule has 0 aromatic carbocycles. The summed E-state index contributed by atoms with van der Waals surface area (Å²) in [5.74, 6) is -1.75. The van der Waals surface area contributed by atoms with Gasteiger partial charge in [0.05, 0.1) is 10.9 Å². The van der Waals surface area contributed by atoms with Gasteiger partial charge in [0, 0.05) is 0 Å². The standard InChI is InChI=1S/C8H6Cl2FN3OS.C8H5Cl2N3OS.CH2O3.2Cs.H/c1-16-8(12)14-7(15)3-2-4(9)13-6(10)5(3)11;1-15-8-12-5-3(7(14)13-8)2-4(9)11-6(5)10;2-1-4-3;;;/h2H,1H3,(H2,12,14,15);2H,1H3,(H,12,13,14);1,3H;;;/q;;;2*+1;-1/p-1. The minimum absolute atomic E-state index is 0. The minimum atomic E-state index is -0.961. The normalized spacial score (nSPS) is 9.30. The summed E-state index contributed by atoms with van der Waals surface area (Å²) in [4.78, 5) is 48.4. The van der Waals surface area contributed by atoms with Gasteiger partial charge in [-0.05, 0) is 24.6 Å². The molecule has 3 aromatic heterocycles. The van der Waals surface area contributed by atoms with Gasteiger partial charge >= 0.3 is 138 Å².